The lowest BCUT2D eigenvalue weighted by molar-refractivity contribution is 0.808. The minimum atomic E-state index is 0.466. The lowest BCUT2D eigenvalue weighted by Crippen LogP contribution is -2.20. The van der Waals surface area contributed by atoms with Crippen molar-refractivity contribution in [1.29, 1.82) is 0 Å². The van der Waals surface area contributed by atoms with E-state index in [4.69, 9.17) is 5.84 Å². The molecule has 2 aromatic rings. The minimum Gasteiger partial charge on any atom is -0.366 e. The first kappa shape index (κ1) is 11.1. The molecule has 4 N–H and O–H groups in total. The second-order valence-corrected chi connectivity index (χ2v) is 5.93. The van der Waals surface area contributed by atoms with E-state index in [1.165, 1.54) is 12.2 Å². The molecule has 1 atom stereocenters. The monoisotopic (exact) mass is 267 g/mol. The van der Waals surface area contributed by atoms with Crippen molar-refractivity contribution < 1.29 is 0 Å². The van der Waals surface area contributed by atoms with Gasteiger partial charge in [0.2, 0.25) is 5.95 Å². The summed E-state index contributed by atoms with van der Waals surface area (Å²) in [5.74, 6) is 9.10. The summed E-state index contributed by atoms with van der Waals surface area (Å²) in [7, 11) is 0. The van der Waals surface area contributed by atoms with Crippen molar-refractivity contribution in [3.05, 3.63) is 11.4 Å². The Bertz CT molecular complexity index is 520. The van der Waals surface area contributed by atoms with Crippen LogP contribution >= 0.6 is 23.1 Å². The molecule has 3 rings (SSSR count). The van der Waals surface area contributed by atoms with E-state index in [0.29, 0.717) is 12.0 Å². The summed E-state index contributed by atoms with van der Waals surface area (Å²) in [5.41, 5.74) is 2.51. The average Bonchev–Trinajstić information content (AvgIpc) is 2.98. The van der Waals surface area contributed by atoms with Gasteiger partial charge >= 0.3 is 0 Å². The number of hydrogen-bond donors (Lipinski definition) is 3. The van der Waals surface area contributed by atoms with Gasteiger partial charge in [-0.25, -0.2) is 10.8 Å². The Hall–Kier alpha value is -1.05. The van der Waals surface area contributed by atoms with E-state index in [-0.39, 0.29) is 0 Å². The van der Waals surface area contributed by atoms with Crippen LogP contribution in [0.4, 0.5) is 11.8 Å². The smallest absolute Gasteiger partial charge is 0.240 e. The first-order valence-electron chi connectivity index (χ1n) is 5.43. The maximum Gasteiger partial charge on any atom is 0.240 e. The van der Waals surface area contributed by atoms with Crippen molar-refractivity contribution in [3.63, 3.8) is 0 Å². The number of nitrogens with zero attached hydrogens (tertiary/aromatic N) is 2. The van der Waals surface area contributed by atoms with E-state index < -0.39 is 0 Å². The zero-order valence-corrected chi connectivity index (χ0v) is 10.8. The molecule has 1 fully saturated rings. The zero-order valence-electron chi connectivity index (χ0n) is 9.14. The van der Waals surface area contributed by atoms with E-state index in [2.05, 4.69) is 20.7 Å². The number of nitrogens with two attached hydrogens (primary N) is 1. The number of hydrazine groups is 1. The predicted molar refractivity (Wildman–Crippen MR) is 74.6 cm³/mol. The summed E-state index contributed by atoms with van der Waals surface area (Å²) in [6, 6.07) is 2.55. The molecule has 1 saturated heterocycles. The number of anilines is 2. The molecule has 90 valence electrons. The molecule has 3 heterocycles. The number of nitrogens with one attached hydrogen (secondary N) is 2. The van der Waals surface area contributed by atoms with Crippen LogP contribution in [0.5, 0.6) is 0 Å². The quantitative estimate of drug-likeness (QED) is 0.582. The van der Waals surface area contributed by atoms with Gasteiger partial charge in [0.05, 0.1) is 5.39 Å². The zero-order chi connectivity index (χ0) is 11.7. The number of aromatic nitrogens is 2. The molecule has 0 spiro atoms. The highest BCUT2D eigenvalue weighted by Crippen LogP contribution is 2.28. The standard InChI is InChI=1S/C10H13N5S2/c11-15-10-13-8(12-6-1-3-16-5-6)7-2-4-17-9(7)14-10/h2,4,6H,1,3,5,11H2,(H2,12,13,14,15). The lowest BCUT2D eigenvalue weighted by Gasteiger charge is -2.13. The molecule has 0 saturated carbocycles. The van der Waals surface area contributed by atoms with Crippen molar-refractivity contribution in [3.8, 4) is 0 Å². The summed E-state index contributed by atoms with van der Waals surface area (Å²) in [5, 5.41) is 6.58. The summed E-state index contributed by atoms with van der Waals surface area (Å²) >= 11 is 3.57. The number of nitrogen functional groups attached to an aromatic ring is 1. The Balaban J connectivity index is 1.97. The average molecular weight is 267 g/mol. The topological polar surface area (TPSA) is 75.9 Å². The highest BCUT2D eigenvalue weighted by molar-refractivity contribution is 7.99. The van der Waals surface area contributed by atoms with Crippen molar-refractivity contribution in [2.24, 2.45) is 5.84 Å². The fraction of sp³-hybridized carbons (Fsp3) is 0.400. The van der Waals surface area contributed by atoms with Crippen LogP contribution in [0.1, 0.15) is 6.42 Å². The summed E-state index contributed by atoms with van der Waals surface area (Å²) in [6.45, 7) is 0. The van der Waals surface area contributed by atoms with Crippen LogP contribution in [0, 0.1) is 0 Å². The molecule has 1 unspecified atom stereocenters. The largest absolute Gasteiger partial charge is 0.366 e. The lowest BCUT2D eigenvalue weighted by atomic mass is 10.2. The summed E-state index contributed by atoms with van der Waals surface area (Å²) in [6.07, 6.45) is 1.19. The van der Waals surface area contributed by atoms with Crippen LogP contribution in [0.15, 0.2) is 11.4 Å². The van der Waals surface area contributed by atoms with E-state index in [1.807, 2.05) is 23.2 Å². The van der Waals surface area contributed by atoms with Crippen LogP contribution in [0.25, 0.3) is 10.2 Å². The van der Waals surface area contributed by atoms with Gasteiger partial charge in [-0.3, -0.25) is 5.43 Å². The van der Waals surface area contributed by atoms with Gasteiger partial charge in [0.15, 0.2) is 0 Å². The van der Waals surface area contributed by atoms with Crippen molar-refractivity contribution >= 4 is 45.1 Å². The number of rotatable bonds is 3. The van der Waals surface area contributed by atoms with E-state index in [9.17, 15) is 0 Å². The summed E-state index contributed by atoms with van der Waals surface area (Å²) in [4.78, 5) is 9.67. The van der Waals surface area contributed by atoms with Gasteiger partial charge < -0.3 is 5.32 Å². The molecule has 0 bridgehead atoms. The van der Waals surface area contributed by atoms with Gasteiger partial charge in [-0.15, -0.1) is 11.3 Å². The molecular weight excluding hydrogens is 254 g/mol. The second-order valence-electron chi connectivity index (χ2n) is 3.88. The maximum atomic E-state index is 5.38. The van der Waals surface area contributed by atoms with Gasteiger partial charge in [0.25, 0.3) is 0 Å². The number of fused-ring (bicyclic) bond motifs is 1. The molecule has 0 aliphatic carbocycles. The first-order chi connectivity index (χ1) is 8.36. The van der Waals surface area contributed by atoms with Gasteiger partial charge in [0.1, 0.15) is 10.6 Å². The van der Waals surface area contributed by atoms with Gasteiger partial charge in [0, 0.05) is 11.8 Å². The van der Waals surface area contributed by atoms with Crippen molar-refractivity contribution in [2.45, 2.75) is 12.5 Å². The first-order valence-corrected chi connectivity index (χ1v) is 7.46. The Morgan fingerprint density at radius 3 is 3.12 bits per heavy atom. The van der Waals surface area contributed by atoms with Crippen LogP contribution < -0.4 is 16.6 Å². The third kappa shape index (κ3) is 2.18. The van der Waals surface area contributed by atoms with Crippen molar-refractivity contribution in [2.75, 3.05) is 22.2 Å². The van der Waals surface area contributed by atoms with Crippen molar-refractivity contribution in [1.82, 2.24) is 9.97 Å². The fourth-order valence-corrected chi connectivity index (χ4v) is 3.79. The number of thiophene rings is 1. The van der Waals surface area contributed by atoms with Crippen LogP contribution in [0.3, 0.4) is 0 Å². The molecule has 7 heteroatoms. The molecular formula is C10H13N5S2. The predicted octanol–water partition coefficient (Wildman–Crippen LogP) is 1.89. The SMILES string of the molecule is NNc1nc(NC2CCSC2)c2ccsc2n1. The molecule has 1 aliphatic rings. The molecule has 2 aromatic heterocycles. The Kier molecular flexibility index (Phi) is 3.04. The third-order valence-corrected chi connectivity index (χ3v) is 4.69. The van der Waals surface area contributed by atoms with Gasteiger partial charge in [-0.2, -0.15) is 16.7 Å². The second kappa shape index (κ2) is 4.67. The molecule has 0 radical (unpaired) electrons. The number of hydrogen-bond acceptors (Lipinski definition) is 7. The van der Waals surface area contributed by atoms with E-state index in [0.717, 1.165) is 21.8 Å². The third-order valence-electron chi connectivity index (χ3n) is 2.72. The molecule has 0 amide bonds. The van der Waals surface area contributed by atoms with Crippen LogP contribution in [-0.4, -0.2) is 27.5 Å². The highest BCUT2D eigenvalue weighted by Gasteiger charge is 2.17. The minimum absolute atomic E-state index is 0.466. The Morgan fingerprint density at radius 1 is 1.41 bits per heavy atom. The van der Waals surface area contributed by atoms with Gasteiger partial charge in [-0.05, 0) is 23.6 Å². The molecule has 1 aliphatic heterocycles. The normalized spacial score (nSPS) is 19.7. The van der Waals surface area contributed by atoms with E-state index in [1.54, 1.807) is 11.3 Å². The number of thioether (sulfide) groups is 1. The Labute approximate surface area is 107 Å². The fourth-order valence-electron chi connectivity index (χ4n) is 1.87. The summed E-state index contributed by atoms with van der Waals surface area (Å²) < 4.78 is 0. The van der Waals surface area contributed by atoms with Gasteiger partial charge in [-0.1, -0.05) is 0 Å². The Morgan fingerprint density at radius 2 is 2.35 bits per heavy atom. The van der Waals surface area contributed by atoms with E-state index >= 15 is 0 Å². The maximum absolute atomic E-state index is 5.38. The highest BCUT2D eigenvalue weighted by atomic mass is 32.2. The molecule has 0 aromatic carbocycles. The van der Waals surface area contributed by atoms with Crippen LogP contribution in [0.2, 0.25) is 0 Å². The van der Waals surface area contributed by atoms with Crippen LogP contribution in [-0.2, 0) is 0 Å². The molecule has 5 nitrogen and oxygen atoms in total. The molecule has 17 heavy (non-hydrogen) atoms.